The van der Waals surface area contributed by atoms with Crippen molar-refractivity contribution in [2.24, 2.45) is 17.3 Å². The molecule has 0 aliphatic heterocycles. The molecule has 3 aromatic rings. The lowest BCUT2D eigenvalue weighted by Crippen LogP contribution is -2.42. The predicted molar refractivity (Wildman–Crippen MR) is 121 cm³/mol. The van der Waals surface area contributed by atoms with Crippen LogP contribution in [0.25, 0.3) is 10.2 Å². The fourth-order valence-electron chi connectivity index (χ4n) is 3.06. The Balaban J connectivity index is 1.74. The minimum atomic E-state index is 0.851. The molecule has 154 valence electrons. The lowest BCUT2D eigenvalue weighted by atomic mass is 10.2. The number of thiazole rings is 1. The summed E-state index contributed by atoms with van der Waals surface area (Å²) in [4.78, 5) is 2.39. The first kappa shape index (κ1) is 21.2. The third kappa shape index (κ3) is 5.31. The molecule has 6 nitrogen and oxygen atoms in total. The number of benzene rings is 2. The Morgan fingerprint density at radius 2 is 1.79 bits per heavy atom. The summed E-state index contributed by atoms with van der Waals surface area (Å²) in [5.74, 6) is 0.851. The molecule has 0 radical (unpaired) electrons. The molecule has 0 unspecified atom stereocenters. The molecule has 29 heavy (non-hydrogen) atoms. The standard InChI is InChI=1S/C22H31N5OS/c1-7-26(14-15-27(3,4)5)18-10-8-17(9-11-18)23-24-22-25(2)20-13-12-19(28-6)16-21(20)29-22/h8-13,16H,7,14-15H2,1-6H3/q+2. The summed E-state index contributed by atoms with van der Waals surface area (Å²) >= 11 is 1.61. The maximum absolute atomic E-state index is 5.31. The molecule has 0 spiro atoms. The predicted octanol–water partition coefficient (Wildman–Crippen LogP) is 4.68. The van der Waals surface area contributed by atoms with Gasteiger partial charge in [0.15, 0.2) is 0 Å². The first-order valence-electron chi connectivity index (χ1n) is 9.84. The van der Waals surface area contributed by atoms with Crippen LogP contribution >= 0.6 is 11.3 Å². The Bertz CT molecular complexity index is 989. The number of fused-ring (bicyclic) bond motifs is 1. The monoisotopic (exact) mass is 413 g/mol. The van der Waals surface area contributed by atoms with Crippen molar-refractivity contribution in [3.8, 4) is 5.75 Å². The highest BCUT2D eigenvalue weighted by atomic mass is 32.1. The van der Waals surface area contributed by atoms with Gasteiger partial charge >= 0.3 is 5.13 Å². The molecular weight excluding hydrogens is 382 g/mol. The van der Waals surface area contributed by atoms with Gasteiger partial charge in [0, 0.05) is 18.3 Å². The molecule has 0 N–H and O–H groups in total. The van der Waals surface area contributed by atoms with E-state index in [4.69, 9.17) is 4.74 Å². The number of aromatic nitrogens is 1. The summed E-state index contributed by atoms with van der Waals surface area (Å²) in [6.45, 7) is 5.31. The number of ether oxygens (including phenoxy) is 1. The molecule has 2 aromatic carbocycles. The van der Waals surface area contributed by atoms with Gasteiger partial charge < -0.3 is 14.1 Å². The van der Waals surface area contributed by atoms with Crippen LogP contribution in [0.15, 0.2) is 52.7 Å². The topological polar surface area (TPSA) is 41.1 Å². The van der Waals surface area contributed by atoms with Gasteiger partial charge in [0.1, 0.15) is 17.0 Å². The first-order chi connectivity index (χ1) is 13.8. The first-order valence-corrected chi connectivity index (χ1v) is 10.7. The summed E-state index contributed by atoms with van der Waals surface area (Å²) in [7, 11) is 10.4. The highest BCUT2D eigenvalue weighted by molar-refractivity contribution is 7.21. The molecule has 0 amide bonds. The van der Waals surface area contributed by atoms with Gasteiger partial charge in [0.05, 0.1) is 58.2 Å². The van der Waals surface area contributed by atoms with Gasteiger partial charge in [0.2, 0.25) is 0 Å². The Labute approximate surface area is 177 Å². The van der Waals surface area contributed by atoms with Crippen LogP contribution in [-0.2, 0) is 7.05 Å². The van der Waals surface area contributed by atoms with Crippen LogP contribution < -0.4 is 14.2 Å². The summed E-state index contributed by atoms with van der Waals surface area (Å²) in [6.07, 6.45) is 0. The number of azo groups is 1. The number of quaternary nitrogens is 1. The van der Waals surface area contributed by atoms with Crippen molar-refractivity contribution in [3.05, 3.63) is 42.5 Å². The largest absolute Gasteiger partial charge is 0.497 e. The quantitative estimate of drug-likeness (QED) is 0.306. The minimum absolute atomic E-state index is 0.851. The van der Waals surface area contributed by atoms with Gasteiger partial charge in [-0.25, -0.2) is 4.57 Å². The Morgan fingerprint density at radius 1 is 1.07 bits per heavy atom. The van der Waals surface area contributed by atoms with Crippen molar-refractivity contribution in [1.29, 1.82) is 0 Å². The van der Waals surface area contributed by atoms with E-state index >= 15 is 0 Å². The molecule has 3 rings (SSSR count). The van der Waals surface area contributed by atoms with E-state index in [2.05, 4.69) is 59.9 Å². The van der Waals surface area contributed by atoms with E-state index in [-0.39, 0.29) is 0 Å². The lowest BCUT2D eigenvalue weighted by molar-refractivity contribution is -0.868. The maximum atomic E-state index is 5.31. The van der Waals surface area contributed by atoms with Crippen LogP contribution in [0.3, 0.4) is 0 Å². The Morgan fingerprint density at radius 3 is 2.41 bits per heavy atom. The van der Waals surface area contributed by atoms with Gasteiger partial charge in [0.25, 0.3) is 0 Å². The lowest BCUT2D eigenvalue weighted by Gasteiger charge is -2.29. The van der Waals surface area contributed by atoms with Gasteiger partial charge in [-0.05, 0) is 59.8 Å². The zero-order chi connectivity index (χ0) is 21.0. The number of methoxy groups -OCH3 is 1. The average Bonchev–Trinajstić information content (AvgIpc) is 3.02. The van der Waals surface area contributed by atoms with E-state index in [1.807, 2.05) is 37.4 Å². The van der Waals surface area contributed by atoms with E-state index in [1.54, 1.807) is 18.4 Å². The summed E-state index contributed by atoms with van der Waals surface area (Å²) < 4.78 is 9.46. The minimum Gasteiger partial charge on any atom is -0.497 e. The van der Waals surface area contributed by atoms with Crippen LogP contribution in [0.1, 0.15) is 6.92 Å². The Kier molecular flexibility index (Phi) is 6.49. The second kappa shape index (κ2) is 8.88. The smallest absolute Gasteiger partial charge is 0.409 e. The Hall–Kier alpha value is -2.51. The van der Waals surface area contributed by atoms with Crippen molar-refractivity contribution >= 4 is 38.1 Å². The molecule has 1 heterocycles. The third-order valence-electron chi connectivity index (χ3n) is 4.90. The third-order valence-corrected chi connectivity index (χ3v) is 5.99. The molecule has 0 aliphatic rings. The van der Waals surface area contributed by atoms with Crippen molar-refractivity contribution in [2.45, 2.75) is 6.92 Å². The van der Waals surface area contributed by atoms with E-state index in [9.17, 15) is 0 Å². The fraction of sp³-hybridized carbons (Fsp3) is 0.409. The zero-order valence-corrected chi connectivity index (χ0v) is 19.0. The van der Waals surface area contributed by atoms with Gasteiger partial charge in [-0.2, -0.15) is 0 Å². The molecule has 7 heteroatoms. The molecule has 0 saturated carbocycles. The molecule has 0 atom stereocenters. The van der Waals surface area contributed by atoms with E-state index in [1.165, 1.54) is 5.69 Å². The van der Waals surface area contributed by atoms with E-state index in [0.717, 1.165) is 50.9 Å². The highest BCUT2D eigenvalue weighted by Crippen LogP contribution is 2.30. The van der Waals surface area contributed by atoms with Gasteiger partial charge in [-0.15, -0.1) is 0 Å². The second-order valence-electron chi connectivity index (χ2n) is 8.09. The molecular formula is C22H31N5OS+2. The number of aryl methyl sites for hydroxylation is 1. The summed E-state index contributed by atoms with van der Waals surface area (Å²) in [6, 6.07) is 14.4. The van der Waals surface area contributed by atoms with Gasteiger partial charge in [-0.3, -0.25) is 0 Å². The molecule has 0 aliphatic carbocycles. The number of hydrogen-bond donors (Lipinski definition) is 0. The van der Waals surface area contributed by atoms with E-state index in [0.29, 0.717) is 0 Å². The zero-order valence-electron chi connectivity index (χ0n) is 18.2. The number of rotatable bonds is 8. The summed E-state index contributed by atoms with van der Waals surface area (Å²) in [5, 5.41) is 9.79. The van der Waals surface area contributed by atoms with Crippen LogP contribution in [-0.4, -0.2) is 52.4 Å². The number of likely N-dealkylation sites (N-methyl/N-ethyl adjacent to an activating group) is 2. The molecule has 0 fully saturated rings. The van der Waals surface area contributed by atoms with Crippen LogP contribution in [0, 0.1) is 0 Å². The molecule has 1 aromatic heterocycles. The van der Waals surface area contributed by atoms with E-state index < -0.39 is 0 Å². The number of anilines is 1. The van der Waals surface area contributed by atoms with Gasteiger partial charge in [-0.1, -0.05) is 0 Å². The normalized spacial score (nSPS) is 12.1. The highest BCUT2D eigenvalue weighted by Gasteiger charge is 2.17. The van der Waals surface area contributed by atoms with Crippen molar-refractivity contribution in [2.75, 3.05) is 52.8 Å². The maximum Gasteiger partial charge on any atom is 0.409 e. The second-order valence-corrected chi connectivity index (χ2v) is 9.10. The summed E-state index contributed by atoms with van der Waals surface area (Å²) in [5.41, 5.74) is 3.20. The number of hydrogen-bond acceptors (Lipinski definition) is 5. The van der Waals surface area contributed by atoms with Crippen molar-refractivity contribution in [3.63, 3.8) is 0 Å². The fourth-order valence-corrected chi connectivity index (χ4v) is 4.06. The van der Waals surface area contributed by atoms with Crippen LogP contribution in [0.5, 0.6) is 5.75 Å². The SMILES string of the molecule is CCN(CC[N+](C)(C)C)c1ccc(/N=N/c2sc3cc(OC)ccc3[n+]2C)cc1. The molecule has 0 bridgehead atoms. The van der Waals surface area contributed by atoms with Crippen LogP contribution in [0.2, 0.25) is 0 Å². The van der Waals surface area contributed by atoms with Crippen molar-refractivity contribution < 1.29 is 13.8 Å². The molecule has 0 saturated heterocycles. The van der Waals surface area contributed by atoms with Crippen molar-refractivity contribution in [1.82, 2.24) is 0 Å². The number of nitrogens with zero attached hydrogens (tertiary/aromatic N) is 5. The average molecular weight is 414 g/mol. The van der Waals surface area contributed by atoms with Crippen LogP contribution in [0.4, 0.5) is 16.5 Å².